The number of benzene rings is 2. The third kappa shape index (κ3) is 5.82. The molecule has 0 radical (unpaired) electrons. The molecule has 162 valence electrons. The maximum atomic E-state index is 12.5. The Morgan fingerprint density at radius 1 is 1.16 bits per heavy atom. The van der Waals surface area contributed by atoms with Crippen LogP contribution in [-0.2, 0) is 4.79 Å². The molecule has 0 fully saturated rings. The highest BCUT2D eigenvalue weighted by Gasteiger charge is 2.15. The van der Waals surface area contributed by atoms with Crippen LogP contribution in [0, 0.1) is 0 Å². The van der Waals surface area contributed by atoms with Crippen molar-refractivity contribution >= 4 is 84.7 Å². The molecule has 0 aliphatic rings. The van der Waals surface area contributed by atoms with Crippen LogP contribution < -0.4 is 20.7 Å². The Bertz CT molecular complexity index is 1140. The van der Waals surface area contributed by atoms with Crippen LogP contribution in [0.3, 0.4) is 0 Å². The highest BCUT2D eigenvalue weighted by atomic mass is 35.5. The van der Waals surface area contributed by atoms with Crippen molar-refractivity contribution in [3.8, 4) is 5.75 Å². The summed E-state index contributed by atoms with van der Waals surface area (Å²) in [4.78, 5) is 28.6. The van der Waals surface area contributed by atoms with Crippen LogP contribution in [0.15, 0.2) is 30.3 Å². The van der Waals surface area contributed by atoms with Gasteiger partial charge >= 0.3 is 0 Å². The fraction of sp³-hybridized carbons (Fsp3) is 0.200. The maximum Gasteiger partial charge on any atom is 0.257 e. The van der Waals surface area contributed by atoms with Crippen molar-refractivity contribution in [3.63, 3.8) is 0 Å². The third-order valence-corrected chi connectivity index (χ3v) is 5.76. The van der Waals surface area contributed by atoms with E-state index in [1.54, 1.807) is 12.1 Å². The van der Waals surface area contributed by atoms with Gasteiger partial charge in [0, 0.05) is 17.7 Å². The molecule has 0 aliphatic heterocycles. The molecule has 0 spiro atoms. The smallest absolute Gasteiger partial charge is 0.257 e. The van der Waals surface area contributed by atoms with Crippen LogP contribution in [0.4, 0.5) is 10.8 Å². The summed E-state index contributed by atoms with van der Waals surface area (Å²) >= 11 is 18.8. The van der Waals surface area contributed by atoms with E-state index in [0.29, 0.717) is 23.0 Å². The van der Waals surface area contributed by atoms with E-state index in [0.717, 1.165) is 16.6 Å². The first-order chi connectivity index (χ1) is 14.8. The molecule has 1 aromatic heterocycles. The number of hydrogen-bond donors (Lipinski definition) is 3. The van der Waals surface area contributed by atoms with E-state index in [2.05, 4.69) is 20.9 Å². The largest absolute Gasteiger partial charge is 0.494 e. The van der Waals surface area contributed by atoms with Gasteiger partial charge in [0.15, 0.2) is 16.0 Å². The first kappa shape index (κ1) is 23.2. The normalized spacial score (nSPS) is 10.6. The van der Waals surface area contributed by atoms with Crippen LogP contribution in [0.25, 0.3) is 10.2 Å². The second kappa shape index (κ2) is 10.2. The summed E-state index contributed by atoms with van der Waals surface area (Å²) in [6.45, 7) is 1.94. The second-order valence-electron chi connectivity index (χ2n) is 6.38. The van der Waals surface area contributed by atoms with Crippen LogP contribution >= 0.6 is 46.8 Å². The monoisotopic (exact) mass is 496 g/mol. The minimum atomic E-state index is -0.469. The minimum Gasteiger partial charge on any atom is -0.494 e. The molecule has 0 bridgehead atoms. The summed E-state index contributed by atoms with van der Waals surface area (Å²) in [5.41, 5.74) is 1.66. The van der Waals surface area contributed by atoms with E-state index in [-0.39, 0.29) is 26.6 Å². The van der Waals surface area contributed by atoms with Gasteiger partial charge in [0.2, 0.25) is 5.91 Å². The predicted octanol–water partition coefficient (Wildman–Crippen LogP) is 5.48. The van der Waals surface area contributed by atoms with Gasteiger partial charge in [-0.05, 0) is 49.0 Å². The first-order valence-electron chi connectivity index (χ1n) is 9.16. The number of ether oxygens (including phenoxy) is 1. The molecule has 0 atom stereocenters. The Morgan fingerprint density at radius 2 is 1.87 bits per heavy atom. The minimum absolute atomic E-state index is 0.0671. The lowest BCUT2D eigenvalue weighted by Gasteiger charge is -2.11. The third-order valence-electron chi connectivity index (χ3n) is 4.06. The van der Waals surface area contributed by atoms with Crippen molar-refractivity contribution in [2.45, 2.75) is 19.8 Å². The molecule has 0 saturated carbocycles. The Kier molecular flexibility index (Phi) is 7.66. The quantitative estimate of drug-likeness (QED) is 0.391. The van der Waals surface area contributed by atoms with Gasteiger partial charge in [0.1, 0.15) is 0 Å². The zero-order valence-corrected chi connectivity index (χ0v) is 19.7. The van der Waals surface area contributed by atoms with Gasteiger partial charge in [-0.1, -0.05) is 41.5 Å². The number of carbonyl (C=O) groups is 2. The topological polar surface area (TPSA) is 92.4 Å². The number of aromatic nitrogens is 1. The molecular formula is C20H18Cl2N4O3S2. The highest BCUT2D eigenvalue weighted by Crippen LogP contribution is 2.34. The molecule has 2 amide bonds. The Hall–Kier alpha value is -2.46. The number of halogens is 2. The van der Waals surface area contributed by atoms with Crippen molar-refractivity contribution < 1.29 is 14.3 Å². The standard InChI is InChI=1S/C20H18Cl2N4O3S2/c1-3-4-16(27)25-20-24-14-6-5-11(9-15(14)31-20)23-19(30)26-18(28)10-7-12(21)17(29-2)13(22)8-10/h5-9H,3-4H2,1-2H3,(H,24,25,27)(H2,23,26,28,30). The van der Waals surface area contributed by atoms with Gasteiger partial charge in [-0.15, -0.1) is 0 Å². The summed E-state index contributed by atoms with van der Waals surface area (Å²) in [7, 11) is 1.44. The van der Waals surface area contributed by atoms with Crippen molar-refractivity contribution in [2.75, 3.05) is 17.7 Å². The van der Waals surface area contributed by atoms with E-state index in [4.69, 9.17) is 40.2 Å². The number of fused-ring (bicyclic) bond motifs is 1. The Balaban J connectivity index is 1.67. The zero-order chi connectivity index (χ0) is 22.5. The number of rotatable bonds is 6. The number of thiazole rings is 1. The average molecular weight is 497 g/mol. The van der Waals surface area contributed by atoms with Crippen molar-refractivity contribution in [3.05, 3.63) is 45.9 Å². The van der Waals surface area contributed by atoms with Gasteiger partial charge in [-0.3, -0.25) is 14.9 Å². The van der Waals surface area contributed by atoms with E-state index < -0.39 is 5.91 Å². The fourth-order valence-corrected chi connectivity index (χ4v) is 4.46. The summed E-state index contributed by atoms with van der Waals surface area (Å²) in [6, 6.07) is 8.31. The van der Waals surface area contributed by atoms with Crippen LogP contribution in [0.5, 0.6) is 5.75 Å². The van der Waals surface area contributed by atoms with Crippen molar-refractivity contribution in [1.29, 1.82) is 0 Å². The molecule has 2 aromatic carbocycles. The number of hydrogen-bond acceptors (Lipinski definition) is 6. The lowest BCUT2D eigenvalue weighted by atomic mass is 10.2. The SMILES string of the molecule is CCCC(=O)Nc1nc2ccc(NC(=S)NC(=O)c3cc(Cl)c(OC)c(Cl)c3)cc2s1. The van der Waals surface area contributed by atoms with Gasteiger partial charge in [-0.2, -0.15) is 0 Å². The van der Waals surface area contributed by atoms with E-state index >= 15 is 0 Å². The van der Waals surface area contributed by atoms with Crippen molar-refractivity contribution in [1.82, 2.24) is 10.3 Å². The number of thiocarbonyl (C=S) groups is 1. The predicted molar refractivity (Wildman–Crippen MR) is 130 cm³/mol. The highest BCUT2D eigenvalue weighted by molar-refractivity contribution is 7.80. The van der Waals surface area contributed by atoms with E-state index in [1.807, 2.05) is 13.0 Å². The summed E-state index contributed by atoms with van der Waals surface area (Å²) in [6.07, 6.45) is 1.21. The molecule has 3 N–H and O–H groups in total. The van der Waals surface area contributed by atoms with Crippen LogP contribution in [0.2, 0.25) is 10.0 Å². The van der Waals surface area contributed by atoms with Crippen LogP contribution in [-0.4, -0.2) is 29.0 Å². The fourth-order valence-electron chi connectivity index (χ4n) is 2.69. The lowest BCUT2D eigenvalue weighted by Crippen LogP contribution is -2.34. The van der Waals surface area contributed by atoms with Gasteiger partial charge in [-0.25, -0.2) is 4.98 Å². The molecule has 3 aromatic rings. The summed E-state index contributed by atoms with van der Waals surface area (Å²) in [5, 5.41) is 9.41. The zero-order valence-electron chi connectivity index (χ0n) is 16.5. The first-order valence-corrected chi connectivity index (χ1v) is 11.1. The van der Waals surface area contributed by atoms with Crippen LogP contribution in [0.1, 0.15) is 30.1 Å². The van der Waals surface area contributed by atoms with Crippen molar-refractivity contribution in [2.24, 2.45) is 0 Å². The van der Waals surface area contributed by atoms with Gasteiger partial charge in [0.05, 0.1) is 27.4 Å². The summed E-state index contributed by atoms with van der Waals surface area (Å²) < 4.78 is 5.94. The number of carbonyl (C=O) groups excluding carboxylic acids is 2. The molecule has 3 rings (SSSR count). The summed E-state index contributed by atoms with van der Waals surface area (Å²) in [5.74, 6) is -0.241. The molecule has 1 heterocycles. The van der Waals surface area contributed by atoms with Gasteiger partial charge < -0.3 is 15.4 Å². The molecule has 11 heteroatoms. The molecule has 0 aliphatic carbocycles. The maximum absolute atomic E-state index is 12.5. The molecule has 0 saturated heterocycles. The molecule has 0 unspecified atom stereocenters. The number of anilines is 2. The van der Waals surface area contributed by atoms with E-state index in [9.17, 15) is 9.59 Å². The molecule has 7 nitrogen and oxygen atoms in total. The Labute approximate surface area is 198 Å². The lowest BCUT2D eigenvalue weighted by molar-refractivity contribution is -0.116. The molecule has 31 heavy (non-hydrogen) atoms. The molecular weight excluding hydrogens is 479 g/mol. The van der Waals surface area contributed by atoms with E-state index in [1.165, 1.54) is 30.6 Å². The number of amides is 2. The number of methoxy groups -OCH3 is 1. The second-order valence-corrected chi connectivity index (χ2v) is 8.63. The number of nitrogens with one attached hydrogen (secondary N) is 3. The van der Waals surface area contributed by atoms with Gasteiger partial charge in [0.25, 0.3) is 5.91 Å². The average Bonchev–Trinajstić information content (AvgIpc) is 3.09. The number of nitrogens with zero attached hydrogens (tertiary/aromatic N) is 1. The Morgan fingerprint density at radius 3 is 2.52 bits per heavy atom.